The van der Waals surface area contributed by atoms with Crippen LogP contribution < -0.4 is 10.6 Å². The molecule has 2 N–H and O–H groups in total. The van der Waals surface area contributed by atoms with Gasteiger partial charge < -0.3 is 15.5 Å². The van der Waals surface area contributed by atoms with Gasteiger partial charge >= 0.3 is 0 Å². The zero-order valence-corrected chi connectivity index (χ0v) is 19.1. The summed E-state index contributed by atoms with van der Waals surface area (Å²) in [7, 11) is 0. The Kier molecular flexibility index (Phi) is 8.80. The molecule has 1 fully saturated rings. The van der Waals surface area contributed by atoms with Crippen LogP contribution in [0.4, 0.5) is 10.1 Å². The first-order chi connectivity index (χ1) is 15.4. The minimum absolute atomic E-state index is 0.0280. The number of rotatable bonds is 9. The number of piperidine rings is 1. The molecular weight excluding hydrogens is 405 g/mol. The highest BCUT2D eigenvalue weighted by molar-refractivity contribution is 5.92. The van der Waals surface area contributed by atoms with Gasteiger partial charge in [-0.3, -0.25) is 9.59 Å². The molecule has 0 bridgehead atoms. The highest BCUT2D eigenvalue weighted by Crippen LogP contribution is 2.29. The largest absolute Gasteiger partial charge is 0.356 e. The van der Waals surface area contributed by atoms with Gasteiger partial charge in [0.1, 0.15) is 5.82 Å². The van der Waals surface area contributed by atoms with Gasteiger partial charge in [0.25, 0.3) is 0 Å². The zero-order chi connectivity index (χ0) is 22.9. The predicted molar refractivity (Wildman–Crippen MR) is 126 cm³/mol. The van der Waals surface area contributed by atoms with Gasteiger partial charge in [-0.2, -0.15) is 0 Å². The fourth-order valence-corrected chi connectivity index (χ4v) is 4.03. The lowest BCUT2D eigenvalue weighted by Crippen LogP contribution is -2.35. The molecule has 1 saturated heterocycles. The Morgan fingerprint density at radius 1 is 1.09 bits per heavy atom. The van der Waals surface area contributed by atoms with Gasteiger partial charge in [-0.25, -0.2) is 4.39 Å². The van der Waals surface area contributed by atoms with E-state index in [1.807, 2.05) is 26.0 Å². The molecule has 0 radical (unpaired) electrons. The SMILES string of the molecule is CC(C)C(=O)Nc1cccc(C2CCN(CCCNC(=O)Cc3ccc(F)cc3)CC2)c1. The summed E-state index contributed by atoms with van der Waals surface area (Å²) in [4.78, 5) is 26.4. The third-order valence-corrected chi connectivity index (χ3v) is 5.99. The molecule has 3 rings (SSSR count). The molecule has 32 heavy (non-hydrogen) atoms. The van der Waals surface area contributed by atoms with E-state index in [1.165, 1.54) is 17.7 Å². The van der Waals surface area contributed by atoms with Crippen molar-refractivity contribution in [1.29, 1.82) is 0 Å². The third-order valence-electron chi connectivity index (χ3n) is 5.99. The monoisotopic (exact) mass is 439 g/mol. The number of hydrogen-bond acceptors (Lipinski definition) is 3. The minimum Gasteiger partial charge on any atom is -0.356 e. The zero-order valence-electron chi connectivity index (χ0n) is 19.1. The first kappa shape index (κ1) is 23.9. The molecule has 1 aliphatic rings. The molecule has 2 aromatic carbocycles. The van der Waals surface area contributed by atoms with Crippen LogP contribution >= 0.6 is 0 Å². The number of likely N-dealkylation sites (tertiary alicyclic amines) is 1. The lowest BCUT2D eigenvalue weighted by molar-refractivity contribution is -0.120. The van der Waals surface area contributed by atoms with E-state index in [0.29, 0.717) is 12.5 Å². The quantitative estimate of drug-likeness (QED) is 0.571. The average Bonchev–Trinajstić information content (AvgIpc) is 2.79. The standard InChI is InChI=1S/C26H34FN3O2/c1-19(2)26(32)29-24-6-3-5-22(18-24)21-11-15-30(16-12-21)14-4-13-28-25(31)17-20-7-9-23(27)10-8-20/h3,5-10,18-19,21H,4,11-17H2,1-2H3,(H,28,31)(H,29,32). The van der Waals surface area contributed by atoms with Crippen LogP contribution in [0.25, 0.3) is 0 Å². The number of amides is 2. The van der Waals surface area contributed by atoms with Crippen molar-refractivity contribution < 1.29 is 14.0 Å². The van der Waals surface area contributed by atoms with Gasteiger partial charge in [0.15, 0.2) is 0 Å². The van der Waals surface area contributed by atoms with Crippen molar-refractivity contribution >= 4 is 17.5 Å². The van der Waals surface area contributed by atoms with Crippen molar-refractivity contribution in [3.8, 4) is 0 Å². The Balaban J connectivity index is 1.35. The van der Waals surface area contributed by atoms with E-state index in [-0.39, 0.29) is 30.0 Å². The van der Waals surface area contributed by atoms with Crippen molar-refractivity contribution in [2.75, 3.05) is 31.5 Å². The van der Waals surface area contributed by atoms with Crippen LogP contribution in [0, 0.1) is 11.7 Å². The van der Waals surface area contributed by atoms with Crippen molar-refractivity contribution in [3.05, 3.63) is 65.5 Å². The Morgan fingerprint density at radius 2 is 1.81 bits per heavy atom. The molecule has 2 aromatic rings. The van der Waals surface area contributed by atoms with Crippen LogP contribution in [0.15, 0.2) is 48.5 Å². The number of hydrogen-bond donors (Lipinski definition) is 2. The first-order valence-electron chi connectivity index (χ1n) is 11.5. The molecule has 6 heteroatoms. The summed E-state index contributed by atoms with van der Waals surface area (Å²) in [5.41, 5.74) is 2.98. The van der Waals surface area contributed by atoms with Crippen LogP contribution in [0.3, 0.4) is 0 Å². The maximum Gasteiger partial charge on any atom is 0.226 e. The minimum atomic E-state index is -0.288. The van der Waals surface area contributed by atoms with E-state index in [1.54, 1.807) is 12.1 Å². The van der Waals surface area contributed by atoms with Crippen molar-refractivity contribution in [1.82, 2.24) is 10.2 Å². The number of carbonyl (C=O) groups is 2. The molecule has 1 heterocycles. The Morgan fingerprint density at radius 3 is 2.50 bits per heavy atom. The van der Waals surface area contributed by atoms with Gasteiger partial charge in [0, 0.05) is 18.2 Å². The van der Waals surface area contributed by atoms with Gasteiger partial charge in [-0.15, -0.1) is 0 Å². The van der Waals surface area contributed by atoms with Crippen molar-refractivity contribution in [2.24, 2.45) is 5.92 Å². The van der Waals surface area contributed by atoms with E-state index in [9.17, 15) is 14.0 Å². The van der Waals surface area contributed by atoms with E-state index < -0.39 is 0 Å². The summed E-state index contributed by atoms with van der Waals surface area (Å²) < 4.78 is 12.9. The molecule has 2 amide bonds. The summed E-state index contributed by atoms with van der Waals surface area (Å²) in [6.07, 6.45) is 3.38. The van der Waals surface area contributed by atoms with Crippen LogP contribution in [0.2, 0.25) is 0 Å². The number of nitrogens with zero attached hydrogens (tertiary/aromatic N) is 1. The molecule has 0 atom stereocenters. The van der Waals surface area contributed by atoms with E-state index in [2.05, 4.69) is 27.7 Å². The lowest BCUT2D eigenvalue weighted by atomic mass is 9.89. The molecule has 5 nitrogen and oxygen atoms in total. The number of nitrogens with one attached hydrogen (secondary N) is 2. The number of anilines is 1. The molecule has 1 aliphatic heterocycles. The van der Waals surface area contributed by atoms with Crippen molar-refractivity contribution in [2.45, 2.75) is 45.4 Å². The lowest BCUT2D eigenvalue weighted by Gasteiger charge is -2.32. The normalized spacial score (nSPS) is 15.0. The van der Waals surface area contributed by atoms with Crippen LogP contribution in [-0.4, -0.2) is 42.9 Å². The summed E-state index contributed by atoms with van der Waals surface area (Å²) >= 11 is 0. The fraction of sp³-hybridized carbons (Fsp3) is 0.462. The van der Waals surface area contributed by atoms with Crippen LogP contribution in [0.1, 0.15) is 50.2 Å². The van der Waals surface area contributed by atoms with E-state index in [4.69, 9.17) is 0 Å². The maximum atomic E-state index is 12.9. The molecule has 0 unspecified atom stereocenters. The molecular formula is C26H34FN3O2. The topological polar surface area (TPSA) is 61.4 Å². The molecule has 0 aromatic heterocycles. The predicted octanol–water partition coefficient (Wildman–Crippen LogP) is 4.35. The van der Waals surface area contributed by atoms with E-state index in [0.717, 1.165) is 50.1 Å². The number of carbonyl (C=O) groups excluding carboxylic acids is 2. The fourth-order valence-electron chi connectivity index (χ4n) is 4.03. The third kappa shape index (κ3) is 7.45. The number of benzene rings is 2. The molecule has 0 saturated carbocycles. The molecule has 0 aliphatic carbocycles. The summed E-state index contributed by atoms with van der Waals surface area (Å²) in [5, 5.41) is 5.95. The van der Waals surface area contributed by atoms with Crippen LogP contribution in [-0.2, 0) is 16.0 Å². The van der Waals surface area contributed by atoms with Crippen molar-refractivity contribution in [3.63, 3.8) is 0 Å². The molecule has 172 valence electrons. The maximum absolute atomic E-state index is 12.9. The highest BCUT2D eigenvalue weighted by Gasteiger charge is 2.20. The Bertz CT molecular complexity index is 890. The van der Waals surface area contributed by atoms with Crippen LogP contribution in [0.5, 0.6) is 0 Å². The Labute approximate surface area is 190 Å². The van der Waals surface area contributed by atoms with Gasteiger partial charge in [0.2, 0.25) is 11.8 Å². The second-order valence-electron chi connectivity index (χ2n) is 8.89. The summed E-state index contributed by atoms with van der Waals surface area (Å²) in [6, 6.07) is 14.3. The van der Waals surface area contributed by atoms with Gasteiger partial charge in [0.05, 0.1) is 6.42 Å². The second kappa shape index (κ2) is 11.8. The number of halogens is 1. The average molecular weight is 440 g/mol. The van der Waals surface area contributed by atoms with E-state index >= 15 is 0 Å². The highest BCUT2D eigenvalue weighted by atomic mass is 19.1. The van der Waals surface area contributed by atoms with Gasteiger partial charge in [-0.05, 0) is 80.2 Å². The molecule has 0 spiro atoms. The summed E-state index contributed by atoms with van der Waals surface area (Å²) in [5.74, 6) is 0.206. The first-order valence-corrected chi connectivity index (χ1v) is 11.5. The van der Waals surface area contributed by atoms with Gasteiger partial charge in [-0.1, -0.05) is 38.1 Å². The summed E-state index contributed by atoms with van der Waals surface area (Å²) in [6.45, 7) is 7.48. The smallest absolute Gasteiger partial charge is 0.226 e. The Hall–Kier alpha value is -2.73. The second-order valence-corrected chi connectivity index (χ2v) is 8.89.